The van der Waals surface area contributed by atoms with E-state index in [1.54, 1.807) is 6.92 Å². The molecule has 1 amide bonds. The van der Waals surface area contributed by atoms with Gasteiger partial charge in [0.05, 0.1) is 6.54 Å². The lowest BCUT2D eigenvalue weighted by atomic mass is 10.1. The first-order valence-corrected chi connectivity index (χ1v) is 5.73. The van der Waals surface area contributed by atoms with Crippen LogP contribution in [0.4, 0.5) is 0 Å². The van der Waals surface area contributed by atoms with Gasteiger partial charge < -0.3 is 9.64 Å². The van der Waals surface area contributed by atoms with E-state index >= 15 is 0 Å². The van der Waals surface area contributed by atoms with E-state index in [4.69, 9.17) is 4.74 Å². The van der Waals surface area contributed by atoms with Crippen LogP contribution in [-0.2, 0) is 4.79 Å². The number of carbonyl (C=O) groups is 1. The number of carbonyl (C=O) groups excluding carboxylic acids is 1. The maximum absolute atomic E-state index is 11.3. The van der Waals surface area contributed by atoms with Gasteiger partial charge in [-0.05, 0) is 25.0 Å². The molecular weight excluding hydrogens is 202 g/mol. The highest BCUT2D eigenvalue weighted by molar-refractivity contribution is 5.73. The first kappa shape index (κ1) is 11.0. The number of piperidine rings is 1. The summed E-state index contributed by atoms with van der Waals surface area (Å²) >= 11 is 0. The van der Waals surface area contributed by atoms with E-state index in [1.165, 1.54) is 0 Å². The van der Waals surface area contributed by atoms with Crippen molar-refractivity contribution in [1.82, 2.24) is 4.90 Å². The second-order valence-corrected chi connectivity index (χ2v) is 4.16. The van der Waals surface area contributed by atoms with E-state index in [0.29, 0.717) is 6.54 Å². The van der Waals surface area contributed by atoms with Crippen molar-refractivity contribution in [2.24, 2.45) is 0 Å². The van der Waals surface area contributed by atoms with Gasteiger partial charge in [-0.1, -0.05) is 18.2 Å². The molecule has 0 aromatic heterocycles. The van der Waals surface area contributed by atoms with Gasteiger partial charge in [0, 0.05) is 13.5 Å². The average Bonchev–Trinajstić information content (AvgIpc) is 2.30. The summed E-state index contributed by atoms with van der Waals surface area (Å²) in [6.07, 6.45) is 2.19. The van der Waals surface area contributed by atoms with Crippen molar-refractivity contribution >= 4 is 5.91 Å². The Morgan fingerprint density at radius 2 is 2.12 bits per heavy atom. The van der Waals surface area contributed by atoms with Crippen LogP contribution < -0.4 is 4.74 Å². The zero-order valence-electron chi connectivity index (χ0n) is 9.56. The Balaban J connectivity index is 1.93. The third kappa shape index (κ3) is 2.75. The SMILES string of the molecule is CC(=O)N1CCCC(Oc2ccccc2)C1. The molecular formula is C13H17NO2. The van der Waals surface area contributed by atoms with Crippen LogP contribution in [0.15, 0.2) is 30.3 Å². The fourth-order valence-electron chi connectivity index (χ4n) is 2.01. The van der Waals surface area contributed by atoms with Crippen LogP contribution >= 0.6 is 0 Å². The number of para-hydroxylation sites is 1. The number of rotatable bonds is 2. The molecule has 1 aliphatic rings. The monoisotopic (exact) mass is 219 g/mol. The molecule has 1 aliphatic heterocycles. The van der Waals surface area contributed by atoms with E-state index < -0.39 is 0 Å². The largest absolute Gasteiger partial charge is 0.489 e. The average molecular weight is 219 g/mol. The summed E-state index contributed by atoms with van der Waals surface area (Å²) in [5, 5.41) is 0. The van der Waals surface area contributed by atoms with Gasteiger partial charge in [0.15, 0.2) is 0 Å². The van der Waals surface area contributed by atoms with E-state index in [-0.39, 0.29) is 12.0 Å². The molecule has 1 fully saturated rings. The third-order valence-electron chi connectivity index (χ3n) is 2.87. The summed E-state index contributed by atoms with van der Waals surface area (Å²) in [6, 6.07) is 9.79. The van der Waals surface area contributed by atoms with Crippen molar-refractivity contribution in [2.45, 2.75) is 25.9 Å². The number of nitrogens with zero attached hydrogens (tertiary/aromatic N) is 1. The molecule has 0 saturated carbocycles. The maximum atomic E-state index is 11.3. The van der Waals surface area contributed by atoms with Gasteiger partial charge >= 0.3 is 0 Å². The summed E-state index contributed by atoms with van der Waals surface area (Å²) in [7, 11) is 0. The maximum Gasteiger partial charge on any atom is 0.219 e. The fraction of sp³-hybridized carbons (Fsp3) is 0.462. The molecule has 1 saturated heterocycles. The highest BCUT2D eigenvalue weighted by Crippen LogP contribution is 2.17. The van der Waals surface area contributed by atoms with Crippen LogP contribution in [0.2, 0.25) is 0 Å². The molecule has 1 aromatic carbocycles. The lowest BCUT2D eigenvalue weighted by Crippen LogP contribution is -2.43. The summed E-state index contributed by atoms with van der Waals surface area (Å²) in [5.41, 5.74) is 0. The van der Waals surface area contributed by atoms with Crippen LogP contribution in [0.25, 0.3) is 0 Å². The van der Waals surface area contributed by atoms with Gasteiger partial charge in [-0.3, -0.25) is 4.79 Å². The fourth-order valence-corrected chi connectivity index (χ4v) is 2.01. The Labute approximate surface area is 96.0 Å². The lowest BCUT2D eigenvalue weighted by Gasteiger charge is -2.32. The third-order valence-corrected chi connectivity index (χ3v) is 2.87. The van der Waals surface area contributed by atoms with Crippen molar-refractivity contribution in [3.05, 3.63) is 30.3 Å². The Kier molecular flexibility index (Phi) is 3.44. The first-order valence-electron chi connectivity index (χ1n) is 5.73. The molecule has 1 heterocycles. The van der Waals surface area contributed by atoms with E-state index in [0.717, 1.165) is 25.1 Å². The van der Waals surface area contributed by atoms with Crippen LogP contribution in [-0.4, -0.2) is 30.0 Å². The van der Waals surface area contributed by atoms with Crippen LogP contribution in [0, 0.1) is 0 Å². The summed E-state index contributed by atoms with van der Waals surface area (Å²) in [6.45, 7) is 3.19. The molecule has 0 bridgehead atoms. The molecule has 16 heavy (non-hydrogen) atoms. The smallest absolute Gasteiger partial charge is 0.219 e. The Bertz CT molecular complexity index is 350. The first-order chi connectivity index (χ1) is 7.75. The molecule has 3 heteroatoms. The normalized spacial score (nSPS) is 20.6. The predicted molar refractivity (Wildman–Crippen MR) is 62.3 cm³/mol. The predicted octanol–water partition coefficient (Wildman–Crippen LogP) is 2.08. The second kappa shape index (κ2) is 5.01. The number of hydrogen-bond donors (Lipinski definition) is 0. The van der Waals surface area contributed by atoms with Gasteiger partial charge in [0.25, 0.3) is 0 Å². The number of amides is 1. The summed E-state index contributed by atoms with van der Waals surface area (Å²) in [5.74, 6) is 1.03. The minimum atomic E-state index is 0.139. The molecule has 1 unspecified atom stereocenters. The van der Waals surface area contributed by atoms with Gasteiger partial charge in [-0.15, -0.1) is 0 Å². The van der Waals surface area contributed by atoms with E-state index in [9.17, 15) is 4.79 Å². The molecule has 3 nitrogen and oxygen atoms in total. The highest BCUT2D eigenvalue weighted by atomic mass is 16.5. The zero-order chi connectivity index (χ0) is 11.4. The van der Waals surface area contributed by atoms with Crippen molar-refractivity contribution in [3.63, 3.8) is 0 Å². The van der Waals surface area contributed by atoms with Crippen molar-refractivity contribution < 1.29 is 9.53 Å². The van der Waals surface area contributed by atoms with E-state index in [2.05, 4.69) is 0 Å². The lowest BCUT2D eigenvalue weighted by molar-refractivity contribution is -0.131. The molecule has 86 valence electrons. The molecule has 1 aromatic rings. The number of hydrogen-bond acceptors (Lipinski definition) is 2. The topological polar surface area (TPSA) is 29.5 Å². The Hall–Kier alpha value is -1.51. The van der Waals surface area contributed by atoms with Gasteiger partial charge in [-0.25, -0.2) is 0 Å². The molecule has 0 radical (unpaired) electrons. The van der Waals surface area contributed by atoms with Gasteiger partial charge in [0.2, 0.25) is 5.91 Å². The molecule has 0 aliphatic carbocycles. The number of benzene rings is 1. The summed E-state index contributed by atoms with van der Waals surface area (Å²) < 4.78 is 5.84. The number of ether oxygens (including phenoxy) is 1. The highest BCUT2D eigenvalue weighted by Gasteiger charge is 2.22. The molecule has 2 rings (SSSR count). The van der Waals surface area contributed by atoms with Gasteiger partial charge in [0.1, 0.15) is 11.9 Å². The van der Waals surface area contributed by atoms with Crippen molar-refractivity contribution in [1.29, 1.82) is 0 Å². The van der Waals surface area contributed by atoms with Crippen LogP contribution in [0.5, 0.6) is 5.75 Å². The molecule has 1 atom stereocenters. The zero-order valence-corrected chi connectivity index (χ0v) is 9.56. The summed E-state index contributed by atoms with van der Waals surface area (Å²) in [4.78, 5) is 13.1. The number of likely N-dealkylation sites (tertiary alicyclic amines) is 1. The van der Waals surface area contributed by atoms with E-state index in [1.807, 2.05) is 35.2 Å². The van der Waals surface area contributed by atoms with Crippen LogP contribution in [0.1, 0.15) is 19.8 Å². The second-order valence-electron chi connectivity index (χ2n) is 4.16. The Morgan fingerprint density at radius 1 is 1.38 bits per heavy atom. The minimum Gasteiger partial charge on any atom is -0.489 e. The van der Waals surface area contributed by atoms with Crippen molar-refractivity contribution in [3.8, 4) is 5.75 Å². The van der Waals surface area contributed by atoms with Crippen LogP contribution in [0.3, 0.4) is 0 Å². The molecule has 0 spiro atoms. The van der Waals surface area contributed by atoms with Crippen molar-refractivity contribution in [2.75, 3.05) is 13.1 Å². The molecule has 0 N–H and O–H groups in total. The van der Waals surface area contributed by atoms with Gasteiger partial charge in [-0.2, -0.15) is 0 Å². The Morgan fingerprint density at radius 3 is 2.81 bits per heavy atom. The standard InChI is InChI=1S/C13H17NO2/c1-11(15)14-9-5-8-13(10-14)16-12-6-3-2-4-7-12/h2-4,6-7,13H,5,8-10H2,1H3. The quantitative estimate of drug-likeness (QED) is 0.762. The minimum absolute atomic E-state index is 0.139.